The summed E-state index contributed by atoms with van der Waals surface area (Å²) in [6.45, 7) is 3.88. The molecule has 3 nitrogen and oxygen atoms in total. The SMILES string of the molecule is CCC(CC)(CO)NC(=O)c1cc(I)ccc1Br. The highest BCUT2D eigenvalue weighted by Gasteiger charge is 2.28. The largest absolute Gasteiger partial charge is 0.394 e. The minimum absolute atomic E-state index is 0.0483. The van der Waals surface area contributed by atoms with E-state index in [0.29, 0.717) is 18.4 Å². The Balaban J connectivity index is 2.97. The number of carbonyl (C=O) groups is 1. The molecular weight excluding hydrogens is 409 g/mol. The molecule has 1 amide bonds. The molecule has 1 rings (SSSR count). The van der Waals surface area contributed by atoms with Gasteiger partial charge >= 0.3 is 0 Å². The molecule has 0 fully saturated rings. The van der Waals surface area contributed by atoms with Crippen molar-refractivity contribution >= 4 is 44.4 Å². The van der Waals surface area contributed by atoms with E-state index in [1.807, 2.05) is 32.0 Å². The van der Waals surface area contributed by atoms with Crippen molar-refractivity contribution in [2.24, 2.45) is 0 Å². The molecule has 0 aliphatic carbocycles. The minimum Gasteiger partial charge on any atom is -0.394 e. The summed E-state index contributed by atoms with van der Waals surface area (Å²) in [4.78, 5) is 12.3. The Kier molecular flexibility index (Phi) is 6.07. The fourth-order valence-electron chi connectivity index (χ4n) is 1.67. The lowest BCUT2D eigenvalue weighted by molar-refractivity contribution is 0.0817. The van der Waals surface area contributed by atoms with Crippen LogP contribution in [0.4, 0.5) is 0 Å². The molecule has 0 saturated carbocycles. The zero-order chi connectivity index (χ0) is 13.8. The van der Waals surface area contributed by atoms with Gasteiger partial charge in [0, 0.05) is 8.04 Å². The predicted molar refractivity (Wildman–Crippen MR) is 84.7 cm³/mol. The van der Waals surface area contributed by atoms with E-state index in [9.17, 15) is 9.90 Å². The highest BCUT2D eigenvalue weighted by molar-refractivity contribution is 14.1. The molecule has 0 bridgehead atoms. The van der Waals surface area contributed by atoms with E-state index >= 15 is 0 Å². The molecular formula is C13H17BrINO2. The summed E-state index contributed by atoms with van der Waals surface area (Å²) in [5, 5.41) is 12.4. The molecule has 0 aliphatic heterocycles. The Bertz CT molecular complexity index is 425. The van der Waals surface area contributed by atoms with Crippen LogP contribution in [0, 0.1) is 3.57 Å². The van der Waals surface area contributed by atoms with E-state index in [2.05, 4.69) is 43.8 Å². The quantitative estimate of drug-likeness (QED) is 0.711. The molecule has 0 aliphatic rings. The van der Waals surface area contributed by atoms with Crippen LogP contribution < -0.4 is 5.32 Å². The molecule has 0 radical (unpaired) electrons. The number of hydrogen-bond donors (Lipinski definition) is 2. The van der Waals surface area contributed by atoms with Crippen LogP contribution in [0.2, 0.25) is 0 Å². The summed E-state index contributed by atoms with van der Waals surface area (Å²) in [5.41, 5.74) is 0.0688. The first-order valence-corrected chi connectivity index (χ1v) is 7.73. The van der Waals surface area contributed by atoms with Gasteiger partial charge in [0.15, 0.2) is 0 Å². The van der Waals surface area contributed by atoms with E-state index in [4.69, 9.17) is 0 Å². The third kappa shape index (κ3) is 3.68. The number of nitrogens with one attached hydrogen (secondary N) is 1. The Labute approximate surface area is 130 Å². The number of hydrogen-bond acceptors (Lipinski definition) is 2. The van der Waals surface area contributed by atoms with Crippen LogP contribution in [0.15, 0.2) is 22.7 Å². The van der Waals surface area contributed by atoms with Crippen molar-refractivity contribution in [1.29, 1.82) is 0 Å². The smallest absolute Gasteiger partial charge is 0.252 e. The summed E-state index contributed by atoms with van der Waals surface area (Å²) >= 11 is 5.55. The number of benzene rings is 1. The van der Waals surface area contributed by atoms with Crippen molar-refractivity contribution in [2.75, 3.05) is 6.61 Å². The van der Waals surface area contributed by atoms with Crippen LogP contribution in [-0.4, -0.2) is 23.2 Å². The van der Waals surface area contributed by atoms with Gasteiger partial charge in [-0.3, -0.25) is 4.79 Å². The van der Waals surface area contributed by atoms with Crippen LogP contribution in [-0.2, 0) is 0 Å². The molecule has 2 N–H and O–H groups in total. The summed E-state index contributed by atoms with van der Waals surface area (Å²) in [6.07, 6.45) is 1.40. The van der Waals surface area contributed by atoms with E-state index in [1.165, 1.54) is 0 Å². The van der Waals surface area contributed by atoms with E-state index < -0.39 is 5.54 Å². The lowest BCUT2D eigenvalue weighted by atomic mass is 9.93. The average Bonchev–Trinajstić information content (AvgIpc) is 2.38. The maximum absolute atomic E-state index is 12.3. The first-order chi connectivity index (χ1) is 8.48. The van der Waals surface area contributed by atoms with Crippen LogP contribution >= 0.6 is 38.5 Å². The van der Waals surface area contributed by atoms with E-state index in [1.54, 1.807) is 0 Å². The number of carbonyl (C=O) groups excluding carboxylic acids is 1. The van der Waals surface area contributed by atoms with Gasteiger partial charge in [-0.2, -0.15) is 0 Å². The zero-order valence-electron chi connectivity index (χ0n) is 10.5. The van der Waals surface area contributed by atoms with Crippen LogP contribution in [0.1, 0.15) is 37.0 Å². The molecule has 5 heteroatoms. The molecule has 1 aromatic carbocycles. The normalized spacial score (nSPS) is 11.4. The van der Waals surface area contributed by atoms with Gasteiger partial charge < -0.3 is 10.4 Å². The molecule has 0 aromatic heterocycles. The van der Waals surface area contributed by atoms with Crippen molar-refractivity contribution in [2.45, 2.75) is 32.2 Å². The maximum atomic E-state index is 12.3. The number of aliphatic hydroxyl groups is 1. The minimum atomic E-state index is -0.530. The van der Waals surface area contributed by atoms with Gasteiger partial charge in [-0.05, 0) is 69.6 Å². The summed E-state index contributed by atoms with van der Waals surface area (Å²) < 4.78 is 1.77. The van der Waals surface area contributed by atoms with Crippen molar-refractivity contribution in [1.82, 2.24) is 5.32 Å². The lowest BCUT2D eigenvalue weighted by Crippen LogP contribution is -2.50. The number of amides is 1. The average molecular weight is 426 g/mol. The Morgan fingerprint density at radius 2 is 2.06 bits per heavy atom. The van der Waals surface area contributed by atoms with Crippen LogP contribution in [0.3, 0.4) is 0 Å². The Morgan fingerprint density at radius 1 is 1.44 bits per heavy atom. The first kappa shape index (κ1) is 15.9. The van der Waals surface area contributed by atoms with Gasteiger partial charge in [0.2, 0.25) is 0 Å². The molecule has 0 heterocycles. The molecule has 18 heavy (non-hydrogen) atoms. The number of aliphatic hydroxyl groups excluding tert-OH is 1. The zero-order valence-corrected chi connectivity index (χ0v) is 14.2. The van der Waals surface area contributed by atoms with Crippen LogP contribution in [0.5, 0.6) is 0 Å². The number of halogens is 2. The summed E-state index contributed by atoms with van der Waals surface area (Å²) in [5.74, 6) is -0.154. The Hall–Kier alpha value is -0.140. The van der Waals surface area contributed by atoms with Gasteiger partial charge in [-0.15, -0.1) is 0 Å². The van der Waals surface area contributed by atoms with Gasteiger partial charge in [0.05, 0.1) is 17.7 Å². The fraction of sp³-hybridized carbons (Fsp3) is 0.462. The third-order valence-electron chi connectivity index (χ3n) is 3.21. The Morgan fingerprint density at radius 3 is 2.56 bits per heavy atom. The highest BCUT2D eigenvalue weighted by atomic mass is 127. The predicted octanol–water partition coefficient (Wildman–Crippen LogP) is 3.33. The van der Waals surface area contributed by atoms with Gasteiger partial charge in [-0.1, -0.05) is 13.8 Å². The number of rotatable bonds is 5. The van der Waals surface area contributed by atoms with Gasteiger partial charge in [0.1, 0.15) is 0 Å². The van der Waals surface area contributed by atoms with Gasteiger partial charge in [-0.25, -0.2) is 0 Å². The summed E-state index contributed by atoms with van der Waals surface area (Å²) in [7, 11) is 0. The molecule has 1 aromatic rings. The molecule has 0 saturated heterocycles. The van der Waals surface area contributed by atoms with Crippen LogP contribution in [0.25, 0.3) is 0 Å². The molecule has 0 spiro atoms. The van der Waals surface area contributed by atoms with Crippen molar-refractivity contribution < 1.29 is 9.90 Å². The highest BCUT2D eigenvalue weighted by Crippen LogP contribution is 2.21. The lowest BCUT2D eigenvalue weighted by Gasteiger charge is -2.30. The van der Waals surface area contributed by atoms with Crippen molar-refractivity contribution in [3.63, 3.8) is 0 Å². The van der Waals surface area contributed by atoms with E-state index in [0.717, 1.165) is 8.04 Å². The molecule has 100 valence electrons. The standard InChI is InChI=1S/C13H17BrINO2/c1-3-13(4-2,8-17)16-12(18)10-7-9(15)5-6-11(10)14/h5-7,17H,3-4,8H2,1-2H3,(H,16,18). The summed E-state index contributed by atoms with van der Waals surface area (Å²) in [6, 6.07) is 5.61. The maximum Gasteiger partial charge on any atom is 0.252 e. The molecule has 0 unspecified atom stereocenters. The second-order valence-electron chi connectivity index (χ2n) is 4.22. The van der Waals surface area contributed by atoms with Crippen molar-refractivity contribution in [3.8, 4) is 0 Å². The van der Waals surface area contributed by atoms with Gasteiger partial charge in [0.25, 0.3) is 5.91 Å². The topological polar surface area (TPSA) is 49.3 Å². The third-order valence-corrected chi connectivity index (χ3v) is 4.57. The van der Waals surface area contributed by atoms with E-state index in [-0.39, 0.29) is 12.5 Å². The monoisotopic (exact) mass is 425 g/mol. The second-order valence-corrected chi connectivity index (χ2v) is 6.32. The first-order valence-electron chi connectivity index (χ1n) is 5.86. The second kappa shape index (κ2) is 6.86. The fourth-order valence-corrected chi connectivity index (χ4v) is 2.59. The van der Waals surface area contributed by atoms with Crippen molar-refractivity contribution in [3.05, 3.63) is 31.8 Å². The molecule has 0 atom stereocenters.